The van der Waals surface area contributed by atoms with Gasteiger partial charge in [0.05, 0.1) is 23.1 Å². The number of nitrogens with zero attached hydrogens (tertiary/aromatic N) is 5. The number of hydrogen-bond donors (Lipinski definition) is 1. The van der Waals surface area contributed by atoms with Crippen molar-refractivity contribution >= 4 is 22.9 Å². The lowest BCUT2D eigenvalue weighted by atomic mass is 10.1. The number of hydrogen-bond acceptors (Lipinski definition) is 5. The van der Waals surface area contributed by atoms with E-state index in [2.05, 4.69) is 4.98 Å². The number of carbonyl (C=O) groups is 1. The van der Waals surface area contributed by atoms with Gasteiger partial charge in [-0.3, -0.25) is 4.79 Å². The molecule has 0 saturated carbocycles. The van der Waals surface area contributed by atoms with E-state index in [1.807, 2.05) is 6.07 Å². The largest absolute Gasteiger partial charge is 0.340 e. The number of benzene rings is 1. The third kappa shape index (κ3) is 3.87. The topological polar surface area (TPSA) is 91.2 Å². The van der Waals surface area contributed by atoms with Crippen LogP contribution in [0.25, 0.3) is 11.0 Å². The molecule has 2 N–H and O–H groups in total. The van der Waals surface area contributed by atoms with Gasteiger partial charge in [0.15, 0.2) is 11.6 Å². The number of fused-ring (bicyclic) bond motifs is 1. The number of likely N-dealkylation sites (N-methyl/N-ethyl adjacent to an activating group) is 1. The van der Waals surface area contributed by atoms with Crippen molar-refractivity contribution in [3.05, 3.63) is 23.8 Å². The zero-order chi connectivity index (χ0) is 21.5. The molecule has 7 nitrogen and oxygen atoms in total. The maximum absolute atomic E-state index is 13.9. The first-order valence-electron chi connectivity index (χ1n) is 9.23. The van der Waals surface area contributed by atoms with Crippen LogP contribution < -0.4 is 10.6 Å². The number of rotatable bonds is 4. The fraction of sp³-hybridized carbons (Fsp3) is 0.526. The Morgan fingerprint density at radius 2 is 2.07 bits per heavy atom. The molecule has 2 heterocycles. The first kappa shape index (κ1) is 20.9. The van der Waals surface area contributed by atoms with Gasteiger partial charge in [0, 0.05) is 32.3 Å². The summed E-state index contributed by atoms with van der Waals surface area (Å²) in [5.74, 6) is -2.25. The molecule has 1 fully saturated rings. The average molecular weight is 408 g/mol. The van der Waals surface area contributed by atoms with Crippen molar-refractivity contribution in [2.75, 3.05) is 25.0 Å². The molecule has 156 valence electrons. The van der Waals surface area contributed by atoms with E-state index in [-0.39, 0.29) is 36.5 Å². The third-order valence-electron chi connectivity index (χ3n) is 5.40. The molecule has 0 unspecified atom stereocenters. The summed E-state index contributed by atoms with van der Waals surface area (Å²) in [6, 6.07) is 3.25. The van der Waals surface area contributed by atoms with Crippen LogP contribution in [0.1, 0.15) is 20.3 Å². The number of nitrogens with two attached hydrogens (primary N) is 1. The molecule has 1 aromatic carbocycles. The van der Waals surface area contributed by atoms with Gasteiger partial charge in [-0.25, -0.2) is 18.2 Å². The Morgan fingerprint density at radius 1 is 1.41 bits per heavy atom. The van der Waals surface area contributed by atoms with Gasteiger partial charge in [0.25, 0.3) is 0 Å². The lowest BCUT2D eigenvalue weighted by Crippen LogP contribution is -2.50. The van der Waals surface area contributed by atoms with E-state index in [4.69, 9.17) is 5.73 Å². The quantitative estimate of drug-likeness (QED) is 0.835. The predicted octanol–water partition coefficient (Wildman–Crippen LogP) is 1.95. The number of amides is 1. The lowest BCUT2D eigenvalue weighted by molar-refractivity contribution is -0.133. The molecule has 1 aliphatic rings. The van der Waals surface area contributed by atoms with Crippen molar-refractivity contribution in [2.24, 2.45) is 5.73 Å². The summed E-state index contributed by atoms with van der Waals surface area (Å²) >= 11 is 0. The van der Waals surface area contributed by atoms with Crippen LogP contribution in [0.5, 0.6) is 0 Å². The minimum absolute atomic E-state index is 0.156. The average Bonchev–Trinajstić information content (AvgIpc) is 3.01. The van der Waals surface area contributed by atoms with Crippen molar-refractivity contribution < 1.29 is 18.0 Å². The number of aromatic nitrogens is 2. The van der Waals surface area contributed by atoms with Crippen molar-refractivity contribution in [3.63, 3.8) is 0 Å². The van der Waals surface area contributed by atoms with Crippen LogP contribution in [-0.4, -0.2) is 58.2 Å². The van der Waals surface area contributed by atoms with Gasteiger partial charge in [-0.2, -0.15) is 5.26 Å². The Bertz CT molecular complexity index is 982. The molecule has 10 heteroatoms. The van der Waals surface area contributed by atoms with Gasteiger partial charge < -0.3 is 20.1 Å². The Morgan fingerprint density at radius 3 is 2.69 bits per heavy atom. The Balaban J connectivity index is 2.05. The van der Waals surface area contributed by atoms with Gasteiger partial charge in [0.2, 0.25) is 11.9 Å². The van der Waals surface area contributed by atoms with Gasteiger partial charge in [-0.1, -0.05) is 0 Å². The van der Waals surface area contributed by atoms with E-state index in [9.17, 15) is 23.2 Å². The highest BCUT2D eigenvalue weighted by Crippen LogP contribution is 2.28. The highest BCUT2D eigenvalue weighted by atomic mass is 19.2. The molecule has 0 spiro atoms. The summed E-state index contributed by atoms with van der Waals surface area (Å²) in [6.07, 6.45) is -0.967. The van der Waals surface area contributed by atoms with Crippen LogP contribution >= 0.6 is 0 Å². The van der Waals surface area contributed by atoms with E-state index >= 15 is 0 Å². The van der Waals surface area contributed by atoms with Crippen LogP contribution in [0, 0.1) is 23.0 Å². The second-order valence-electron chi connectivity index (χ2n) is 7.79. The lowest BCUT2D eigenvalue weighted by Gasteiger charge is -2.34. The Labute approximate surface area is 166 Å². The van der Waals surface area contributed by atoms with E-state index in [0.717, 1.165) is 12.1 Å². The summed E-state index contributed by atoms with van der Waals surface area (Å²) in [5, 5.41) is 9.28. The molecular formula is C19H23F3N6O. The van der Waals surface area contributed by atoms with Crippen LogP contribution in [0.15, 0.2) is 12.1 Å². The number of halogens is 3. The van der Waals surface area contributed by atoms with Crippen LogP contribution in [0.4, 0.5) is 19.1 Å². The van der Waals surface area contributed by atoms with Crippen LogP contribution in [0.2, 0.25) is 0 Å². The Kier molecular flexibility index (Phi) is 5.45. The van der Waals surface area contributed by atoms with Crippen molar-refractivity contribution in [1.82, 2.24) is 14.5 Å². The number of nitriles is 1. The number of piperidine rings is 1. The predicted molar refractivity (Wildman–Crippen MR) is 102 cm³/mol. The summed E-state index contributed by atoms with van der Waals surface area (Å²) < 4.78 is 42.9. The fourth-order valence-corrected chi connectivity index (χ4v) is 3.27. The van der Waals surface area contributed by atoms with Crippen LogP contribution in [0.3, 0.4) is 0 Å². The first-order chi connectivity index (χ1) is 13.5. The SMILES string of the molecule is CN(C(=O)Cn1c(N2CC[C@@H](F)[C@H](N)C2)nc2cc(F)c(F)cc21)C(C)(C)C#N. The standard InChI is InChI=1S/C19H23F3N6O/c1-19(2,10-23)26(3)17(29)9-28-16-7-13(22)12(21)6-15(16)25-18(28)27-5-4-11(20)14(24)8-27/h6-7,11,14H,4-5,8-9,24H2,1-3H3/t11-,14-/m1/s1. The van der Waals surface area contributed by atoms with Crippen LogP contribution in [-0.2, 0) is 11.3 Å². The number of imidazole rings is 1. The number of anilines is 1. The normalized spacial score (nSPS) is 20.0. The van der Waals surface area contributed by atoms with Gasteiger partial charge in [-0.05, 0) is 20.3 Å². The van der Waals surface area contributed by atoms with Gasteiger partial charge in [0.1, 0.15) is 18.3 Å². The zero-order valence-electron chi connectivity index (χ0n) is 16.5. The molecule has 2 atom stereocenters. The molecule has 3 rings (SSSR count). The molecular weight excluding hydrogens is 385 g/mol. The maximum Gasteiger partial charge on any atom is 0.243 e. The highest BCUT2D eigenvalue weighted by molar-refractivity contribution is 5.84. The summed E-state index contributed by atoms with van der Waals surface area (Å²) in [6.45, 7) is 3.40. The van der Waals surface area contributed by atoms with Crippen molar-refractivity contribution in [3.8, 4) is 6.07 Å². The van der Waals surface area contributed by atoms with E-state index < -0.39 is 35.3 Å². The second-order valence-corrected chi connectivity index (χ2v) is 7.79. The number of carbonyl (C=O) groups excluding carboxylic acids is 1. The number of alkyl halides is 1. The minimum atomic E-state index is -1.15. The van der Waals surface area contributed by atoms with Crippen molar-refractivity contribution in [1.29, 1.82) is 5.26 Å². The van der Waals surface area contributed by atoms with E-state index in [0.29, 0.717) is 6.54 Å². The fourth-order valence-electron chi connectivity index (χ4n) is 3.27. The first-order valence-corrected chi connectivity index (χ1v) is 9.23. The minimum Gasteiger partial charge on any atom is -0.340 e. The monoisotopic (exact) mass is 408 g/mol. The van der Waals surface area contributed by atoms with Gasteiger partial charge in [-0.15, -0.1) is 0 Å². The molecule has 0 aliphatic carbocycles. The summed E-state index contributed by atoms with van der Waals surface area (Å²) in [5.41, 5.74) is 5.18. The molecule has 0 radical (unpaired) electrons. The van der Waals surface area contributed by atoms with E-state index in [1.54, 1.807) is 18.7 Å². The third-order valence-corrected chi connectivity index (χ3v) is 5.40. The second kappa shape index (κ2) is 7.55. The summed E-state index contributed by atoms with van der Waals surface area (Å²) in [4.78, 5) is 20.2. The Hall–Kier alpha value is -2.80. The van der Waals surface area contributed by atoms with Gasteiger partial charge >= 0.3 is 0 Å². The smallest absolute Gasteiger partial charge is 0.243 e. The maximum atomic E-state index is 13.9. The molecule has 1 saturated heterocycles. The highest BCUT2D eigenvalue weighted by Gasteiger charge is 2.32. The molecule has 1 aliphatic heterocycles. The summed E-state index contributed by atoms with van der Waals surface area (Å²) in [7, 11) is 1.50. The van der Waals surface area contributed by atoms with E-state index in [1.165, 1.54) is 16.5 Å². The van der Waals surface area contributed by atoms with Crippen molar-refractivity contribution in [2.45, 2.75) is 44.6 Å². The molecule has 0 bridgehead atoms. The zero-order valence-corrected chi connectivity index (χ0v) is 16.5. The molecule has 1 amide bonds. The molecule has 1 aromatic heterocycles. The molecule has 29 heavy (non-hydrogen) atoms. The molecule has 2 aromatic rings.